The molecule has 0 aromatic heterocycles. The Labute approximate surface area is 161 Å². The molecule has 1 aromatic carbocycles. The summed E-state index contributed by atoms with van der Waals surface area (Å²) >= 11 is 0. The smallest absolute Gasteiger partial charge is 0.253 e. The monoisotopic (exact) mass is 369 g/mol. The molecule has 5 heteroatoms. The molecule has 1 aromatic rings. The summed E-state index contributed by atoms with van der Waals surface area (Å²) in [5.74, 6) is 1.30. The summed E-state index contributed by atoms with van der Waals surface area (Å²) in [4.78, 5) is 27.6. The number of nitrogens with zero attached hydrogens (tertiary/aromatic N) is 1. The fraction of sp³-hybridized carbons (Fsp3) is 0.636. The van der Waals surface area contributed by atoms with Crippen LogP contribution < -0.4 is 10.6 Å². The number of para-hydroxylation sites is 1. The van der Waals surface area contributed by atoms with Crippen molar-refractivity contribution in [3.8, 4) is 0 Å². The van der Waals surface area contributed by atoms with E-state index in [9.17, 15) is 9.59 Å². The number of rotatable bonds is 5. The lowest BCUT2D eigenvalue weighted by atomic mass is 9.73. The molecule has 146 valence electrons. The third kappa shape index (κ3) is 4.34. The van der Waals surface area contributed by atoms with Gasteiger partial charge < -0.3 is 10.6 Å². The number of nitrogens with one attached hydrogen (secondary N) is 2. The average molecular weight is 370 g/mol. The Balaban J connectivity index is 1.41. The summed E-state index contributed by atoms with van der Waals surface area (Å²) in [6.45, 7) is 3.76. The zero-order valence-corrected chi connectivity index (χ0v) is 16.2. The largest absolute Gasteiger partial charge is 0.349 e. The van der Waals surface area contributed by atoms with Gasteiger partial charge >= 0.3 is 0 Å². The molecule has 4 rings (SSSR count). The van der Waals surface area contributed by atoms with Crippen molar-refractivity contribution >= 4 is 17.5 Å². The van der Waals surface area contributed by atoms with Crippen LogP contribution in [0.25, 0.3) is 0 Å². The average Bonchev–Trinajstić information content (AvgIpc) is 3.46. The predicted octanol–water partition coefficient (Wildman–Crippen LogP) is 3.42. The maximum absolute atomic E-state index is 12.8. The summed E-state index contributed by atoms with van der Waals surface area (Å²) in [7, 11) is 0. The Morgan fingerprint density at radius 1 is 1.07 bits per heavy atom. The second-order valence-corrected chi connectivity index (χ2v) is 8.61. The molecule has 3 aliphatic rings. The molecule has 0 bridgehead atoms. The molecular weight excluding hydrogens is 338 g/mol. The summed E-state index contributed by atoms with van der Waals surface area (Å²) < 4.78 is 0. The molecule has 1 saturated heterocycles. The Morgan fingerprint density at radius 3 is 2.67 bits per heavy atom. The number of carbonyl (C=O) groups excluding carboxylic acids is 2. The lowest BCUT2D eigenvalue weighted by Gasteiger charge is -2.47. The Bertz CT molecular complexity index is 699. The highest BCUT2D eigenvalue weighted by Crippen LogP contribution is 2.38. The third-order valence-corrected chi connectivity index (χ3v) is 6.45. The van der Waals surface area contributed by atoms with Crippen LogP contribution >= 0.6 is 0 Å². The minimum atomic E-state index is -0.0904. The Kier molecular flexibility index (Phi) is 5.48. The number of benzene rings is 1. The van der Waals surface area contributed by atoms with Crippen molar-refractivity contribution in [2.45, 2.75) is 64.0 Å². The zero-order valence-electron chi connectivity index (χ0n) is 16.2. The van der Waals surface area contributed by atoms with Gasteiger partial charge in [-0.15, -0.1) is 0 Å². The van der Waals surface area contributed by atoms with Gasteiger partial charge in [0.1, 0.15) is 0 Å². The number of amides is 2. The van der Waals surface area contributed by atoms with E-state index < -0.39 is 0 Å². The van der Waals surface area contributed by atoms with Crippen molar-refractivity contribution in [1.82, 2.24) is 10.2 Å². The first-order valence-corrected chi connectivity index (χ1v) is 10.6. The normalized spacial score (nSPS) is 28.3. The van der Waals surface area contributed by atoms with Gasteiger partial charge in [-0.3, -0.25) is 14.5 Å². The van der Waals surface area contributed by atoms with Crippen LogP contribution in [0.5, 0.6) is 0 Å². The number of hydrogen-bond acceptors (Lipinski definition) is 3. The highest BCUT2D eigenvalue weighted by molar-refractivity contribution is 6.04. The van der Waals surface area contributed by atoms with Crippen molar-refractivity contribution < 1.29 is 9.59 Å². The molecular formula is C22H31N3O2. The first-order valence-electron chi connectivity index (χ1n) is 10.6. The number of piperidine rings is 1. The lowest BCUT2D eigenvalue weighted by Crippen LogP contribution is -2.52. The van der Waals surface area contributed by atoms with Crippen LogP contribution in [0.15, 0.2) is 24.3 Å². The summed E-state index contributed by atoms with van der Waals surface area (Å²) in [5, 5.41) is 6.01. The van der Waals surface area contributed by atoms with Gasteiger partial charge in [-0.1, -0.05) is 25.5 Å². The van der Waals surface area contributed by atoms with E-state index in [1.54, 1.807) is 6.07 Å². The highest BCUT2D eigenvalue weighted by Gasteiger charge is 2.38. The number of likely N-dealkylation sites (tertiary alicyclic amines) is 1. The lowest BCUT2D eigenvalue weighted by molar-refractivity contribution is -0.119. The molecule has 3 fully saturated rings. The van der Waals surface area contributed by atoms with Gasteiger partial charge in [0.25, 0.3) is 5.91 Å². The molecule has 27 heavy (non-hydrogen) atoms. The van der Waals surface area contributed by atoms with E-state index in [1.165, 1.54) is 32.1 Å². The van der Waals surface area contributed by atoms with E-state index in [0.29, 0.717) is 35.8 Å². The topological polar surface area (TPSA) is 61.4 Å². The van der Waals surface area contributed by atoms with E-state index in [0.717, 1.165) is 25.3 Å². The number of carbonyl (C=O) groups is 2. The third-order valence-electron chi connectivity index (χ3n) is 6.45. The molecule has 2 aliphatic carbocycles. The first kappa shape index (κ1) is 18.5. The van der Waals surface area contributed by atoms with Gasteiger partial charge in [-0.2, -0.15) is 0 Å². The zero-order chi connectivity index (χ0) is 18.8. The molecule has 5 nitrogen and oxygen atoms in total. The summed E-state index contributed by atoms with van der Waals surface area (Å²) in [6.07, 6.45) is 8.48. The maximum atomic E-state index is 12.8. The Hall–Kier alpha value is -1.88. The van der Waals surface area contributed by atoms with Gasteiger partial charge in [0.05, 0.1) is 17.8 Å². The van der Waals surface area contributed by atoms with Gasteiger partial charge in [0.15, 0.2) is 0 Å². The van der Waals surface area contributed by atoms with Gasteiger partial charge in [0, 0.05) is 12.1 Å². The fourth-order valence-corrected chi connectivity index (χ4v) is 5.03. The van der Waals surface area contributed by atoms with Crippen LogP contribution in [0.3, 0.4) is 0 Å². The van der Waals surface area contributed by atoms with Crippen LogP contribution in [-0.4, -0.2) is 41.9 Å². The molecule has 1 aliphatic heterocycles. The van der Waals surface area contributed by atoms with Gasteiger partial charge in [-0.25, -0.2) is 0 Å². The van der Waals surface area contributed by atoms with E-state index >= 15 is 0 Å². The number of hydrogen-bond donors (Lipinski definition) is 2. The maximum Gasteiger partial charge on any atom is 0.253 e. The fourth-order valence-electron chi connectivity index (χ4n) is 5.03. The molecule has 1 heterocycles. The second-order valence-electron chi connectivity index (χ2n) is 8.61. The molecule has 0 unspecified atom stereocenters. The SMILES string of the molecule is C[C@@H]1CCC[C@@H]2CCCN(CC(=O)Nc3ccccc3C(=O)NC3CC3)[C@@H]21. The van der Waals surface area contributed by atoms with E-state index in [-0.39, 0.29) is 11.8 Å². The molecule has 2 amide bonds. The van der Waals surface area contributed by atoms with Crippen molar-refractivity contribution in [3.05, 3.63) is 29.8 Å². The summed E-state index contributed by atoms with van der Waals surface area (Å²) in [5.41, 5.74) is 1.17. The van der Waals surface area contributed by atoms with Crippen molar-refractivity contribution in [2.24, 2.45) is 11.8 Å². The van der Waals surface area contributed by atoms with Gasteiger partial charge in [-0.05, 0) is 69.0 Å². The molecule has 0 radical (unpaired) electrons. The standard InChI is InChI=1S/C22H31N3O2/c1-15-6-4-7-16-8-5-13-25(21(15)16)14-20(26)24-19-10-3-2-9-18(19)22(27)23-17-11-12-17/h2-3,9-10,15-17,21H,4-8,11-14H2,1H3,(H,23,27)(H,24,26)/t15-,16-,21-/m1/s1. The molecule has 2 N–H and O–H groups in total. The van der Waals surface area contributed by atoms with E-state index in [2.05, 4.69) is 22.5 Å². The summed E-state index contributed by atoms with van der Waals surface area (Å²) in [6, 6.07) is 8.15. The van der Waals surface area contributed by atoms with Crippen molar-refractivity contribution in [2.75, 3.05) is 18.4 Å². The van der Waals surface area contributed by atoms with Crippen LogP contribution in [0.1, 0.15) is 62.2 Å². The second kappa shape index (κ2) is 8.01. The number of fused-ring (bicyclic) bond motifs is 1. The van der Waals surface area contributed by atoms with E-state index in [1.807, 2.05) is 18.2 Å². The first-order chi connectivity index (χ1) is 13.1. The van der Waals surface area contributed by atoms with Crippen LogP contribution in [0.4, 0.5) is 5.69 Å². The number of anilines is 1. The minimum absolute atomic E-state index is 0.0138. The van der Waals surface area contributed by atoms with Gasteiger partial charge in [0.2, 0.25) is 5.91 Å². The molecule has 3 atom stereocenters. The predicted molar refractivity (Wildman–Crippen MR) is 107 cm³/mol. The Morgan fingerprint density at radius 2 is 1.85 bits per heavy atom. The van der Waals surface area contributed by atoms with Crippen LogP contribution in [-0.2, 0) is 4.79 Å². The quantitative estimate of drug-likeness (QED) is 0.836. The van der Waals surface area contributed by atoms with Crippen molar-refractivity contribution in [1.29, 1.82) is 0 Å². The van der Waals surface area contributed by atoms with Crippen LogP contribution in [0.2, 0.25) is 0 Å². The highest BCUT2D eigenvalue weighted by atomic mass is 16.2. The van der Waals surface area contributed by atoms with Crippen molar-refractivity contribution in [3.63, 3.8) is 0 Å². The van der Waals surface area contributed by atoms with Crippen LogP contribution in [0, 0.1) is 11.8 Å². The molecule has 2 saturated carbocycles. The van der Waals surface area contributed by atoms with E-state index in [4.69, 9.17) is 0 Å². The molecule has 0 spiro atoms. The minimum Gasteiger partial charge on any atom is -0.349 e.